The molecule has 0 aromatic heterocycles. The lowest BCUT2D eigenvalue weighted by molar-refractivity contribution is 0.0655. The Kier molecular flexibility index (Phi) is 5.49. The van der Waals surface area contributed by atoms with Crippen LogP contribution in [0.1, 0.15) is 22.8 Å². The van der Waals surface area contributed by atoms with E-state index in [2.05, 4.69) is 17.6 Å². The van der Waals surface area contributed by atoms with E-state index in [1.165, 1.54) is 0 Å². The first kappa shape index (κ1) is 17.6. The van der Waals surface area contributed by atoms with Gasteiger partial charge in [-0.2, -0.15) is 0 Å². The fraction of sp³-hybridized carbons (Fsp3) is 0.500. The lowest BCUT2D eigenvalue weighted by Crippen LogP contribution is -2.52. The summed E-state index contributed by atoms with van der Waals surface area (Å²) in [5.41, 5.74) is 2.38. The van der Waals surface area contributed by atoms with Gasteiger partial charge in [0, 0.05) is 50.0 Å². The molecule has 0 saturated carbocycles. The highest BCUT2D eigenvalue weighted by Gasteiger charge is 2.28. The minimum absolute atomic E-state index is 0. The van der Waals surface area contributed by atoms with E-state index in [1.807, 2.05) is 30.0 Å². The minimum atomic E-state index is -0.0942. The second-order valence-electron chi connectivity index (χ2n) is 5.88. The van der Waals surface area contributed by atoms with Gasteiger partial charge in [0.2, 0.25) is 0 Å². The van der Waals surface area contributed by atoms with E-state index >= 15 is 0 Å². The maximum atomic E-state index is 12.9. The highest BCUT2D eigenvalue weighted by Crippen LogP contribution is 2.26. The van der Waals surface area contributed by atoms with Crippen molar-refractivity contribution in [1.82, 2.24) is 15.5 Å². The van der Waals surface area contributed by atoms with Gasteiger partial charge in [0.1, 0.15) is 0 Å². The number of amides is 3. The van der Waals surface area contributed by atoms with Gasteiger partial charge < -0.3 is 15.5 Å². The second kappa shape index (κ2) is 7.19. The van der Waals surface area contributed by atoms with Gasteiger partial charge in [-0.3, -0.25) is 9.69 Å². The van der Waals surface area contributed by atoms with Gasteiger partial charge in [-0.05, 0) is 31.5 Å². The van der Waals surface area contributed by atoms with E-state index in [1.54, 1.807) is 4.90 Å². The van der Waals surface area contributed by atoms with Crippen LogP contribution >= 0.6 is 12.4 Å². The minimum Gasteiger partial charge on any atom is -0.336 e. The van der Waals surface area contributed by atoms with Crippen molar-refractivity contribution in [3.8, 4) is 0 Å². The summed E-state index contributed by atoms with van der Waals surface area (Å²) in [5, 5.41) is 6.09. The number of hydrogen-bond donors (Lipinski definition) is 2. The Hall–Kier alpha value is -1.79. The van der Waals surface area contributed by atoms with Gasteiger partial charge in [0.25, 0.3) is 5.91 Å². The Bertz CT molecular complexity index is 608. The molecule has 2 heterocycles. The number of nitrogens with zero attached hydrogens (tertiary/aromatic N) is 2. The largest absolute Gasteiger partial charge is 0.336 e. The Morgan fingerprint density at radius 2 is 2.04 bits per heavy atom. The number of carbonyl (C=O) groups excluding carboxylic acids is 2. The third kappa shape index (κ3) is 3.28. The molecule has 2 aliphatic rings. The van der Waals surface area contributed by atoms with Crippen molar-refractivity contribution in [3.63, 3.8) is 0 Å². The molecule has 1 aromatic rings. The number of nitrogens with one attached hydrogen (secondary N) is 2. The van der Waals surface area contributed by atoms with Crippen LogP contribution in [0.2, 0.25) is 0 Å². The molecule has 2 aliphatic heterocycles. The first-order chi connectivity index (χ1) is 10.6. The Balaban J connectivity index is 0.00000192. The Morgan fingerprint density at radius 1 is 1.26 bits per heavy atom. The molecular formula is C16H23ClN4O2. The van der Waals surface area contributed by atoms with Crippen molar-refractivity contribution in [3.05, 3.63) is 29.3 Å². The van der Waals surface area contributed by atoms with Gasteiger partial charge in [-0.1, -0.05) is 6.07 Å². The zero-order chi connectivity index (χ0) is 15.7. The van der Waals surface area contributed by atoms with Crippen LogP contribution in [0, 0.1) is 6.92 Å². The molecular weight excluding hydrogens is 316 g/mol. The second-order valence-corrected chi connectivity index (χ2v) is 5.88. The van der Waals surface area contributed by atoms with E-state index in [-0.39, 0.29) is 30.4 Å². The summed E-state index contributed by atoms with van der Waals surface area (Å²) in [6.07, 6.45) is 0. The smallest absolute Gasteiger partial charge is 0.322 e. The molecule has 1 atom stereocenters. The number of urea groups is 1. The summed E-state index contributed by atoms with van der Waals surface area (Å²) in [4.78, 5) is 28.3. The van der Waals surface area contributed by atoms with Crippen molar-refractivity contribution < 1.29 is 9.59 Å². The molecule has 0 radical (unpaired) electrons. The Morgan fingerprint density at radius 3 is 2.70 bits per heavy atom. The maximum Gasteiger partial charge on any atom is 0.322 e. The van der Waals surface area contributed by atoms with E-state index in [0.717, 1.165) is 24.3 Å². The van der Waals surface area contributed by atoms with E-state index in [4.69, 9.17) is 0 Å². The van der Waals surface area contributed by atoms with Crippen LogP contribution in [0.4, 0.5) is 10.5 Å². The number of benzene rings is 1. The molecule has 0 bridgehead atoms. The lowest BCUT2D eigenvalue weighted by Gasteiger charge is -2.34. The van der Waals surface area contributed by atoms with Crippen LogP contribution in [0.3, 0.4) is 0 Å². The quantitative estimate of drug-likeness (QED) is 0.856. The molecule has 3 amide bonds. The molecule has 0 aliphatic carbocycles. The van der Waals surface area contributed by atoms with Crippen LogP contribution in [0.15, 0.2) is 18.2 Å². The highest BCUT2D eigenvalue weighted by atomic mass is 35.5. The van der Waals surface area contributed by atoms with Gasteiger partial charge in [-0.15, -0.1) is 12.4 Å². The zero-order valence-corrected chi connectivity index (χ0v) is 14.3. The van der Waals surface area contributed by atoms with Crippen LogP contribution in [0.25, 0.3) is 0 Å². The van der Waals surface area contributed by atoms with Crippen molar-refractivity contribution in [2.75, 3.05) is 37.6 Å². The summed E-state index contributed by atoms with van der Waals surface area (Å²) in [5.74, 6) is 0.0490. The topological polar surface area (TPSA) is 64.7 Å². The molecule has 0 unspecified atom stereocenters. The van der Waals surface area contributed by atoms with Crippen molar-refractivity contribution in [2.45, 2.75) is 19.9 Å². The SMILES string of the molecule is Cc1c(C(=O)N2CCNC[C@@H]2C)cccc1N1CCNC1=O.Cl. The fourth-order valence-electron chi connectivity index (χ4n) is 3.15. The predicted octanol–water partition coefficient (Wildman–Crippen LogP) is 1.38. The number of rotatable bonds is 2. The van der Waals surface area contributed by atoms with Crippen molar-refractivity contribution in [2.24, 2.45) is 0 Å². The van der Waals surface area contributed by atoms with Gasteiger partial charge in [0.05, 0.1) is 0 Å². The molecule has 7 heteroatoms. The summed E-state index contributed by atoms with van der Waals surface area (Å²) in [7, 11) is 0. The molecule has 126 valence electrons. The Labute approximate surface area is 142 Å². The molecule has 23 heavy (non-hydrogen) atoms. The first-order valence-electron chi connectivity index (χ1n) is 7.76. The van der Waals surface area contributed by atoms with E-state index in [9.17, 15) is 9.59 Å². The highest BCUT2D eigenvalue weighted by molar-refractivity contribution is 6.00. The zero-order valence-electron chi connectivity index (χ0n) is 13.5. The molecule has 0 spiro atoms. The molecule has 1 aromatic carbocycles. The molecule has 6 nitrogen and oxygen atoms in total. The summed E-state index contributed by atoms with van der Waals surface area (Å²) >= 11 is 0. The lowest BCUT2D eigenvalue weighted by atomic mass is 10.0. The summed E-state index contributed by atoms with van der Waals surface area (Å²) in [6.45, 7) is 7.61. The van der Waals surface area contributed by atoms with E-state index < -0.39 is 0 Å². The number of piperazine rings is 1. The monoisotopic (exact) mass is 338 g/mol. The van der Waals surface area contributed by atoms with Crippen molar-refractivity contribution >= 4 is 30.0 Å². The van der Waals surface area contributed by atoms with Crippen LogP contribution in [-0.2, 0) is 0 Å². The van der Waals surface area contributed by atoms with Gasteiger partial charge in [-0.25, -0.2) is 4.79 Å². The normalized spacial score (nSPS) is 21.0. The average molecular weight is 339 g/mol. The number of hydrogen-bond acceptors (Lipinski definition) is 3. The van der Waals surface area contributed by atoms with Crippen LogP contribution < -0.4 is 15.5 Å². The first-order valence-corrected chi connectivity index (χ1v) is 7.76. The fourth-order valence-corrected chi connectivity index (χ4v) is 3.15. The van der Waals surface area contributed by atoms with Crippen LogP contribution in [0.5, 0.6) is 0 Å². The number of halogens is 1. The molecule has 2 saturated heterocycles. The van der Waals surface area contributed by atoms with E-state index in [0.29, 0.717) is 25.2 Å². The third-order valence-electron chi connectivity index (χ3n) is 4.45. The third-order valence-corrected chi connectivity index (χ3v) is 4.45. The standard InChI is InChI=1S/C16H22N4O2.ClH/c1-11-10-17-6-8-19(11)15(21)13-4-3-5-14(12(13)2)20-9-7-18-16(20)22;/h3-5,11,17H,6-10H2,1-2H3,(H,18,22);1H/t11-;/m0./s1. The number of anilines is 1. The molecule has 3 rings (SSSR count). The molecule has 2 fully saturated rings. The number of carbonyl (C=O) groups is 2. The molecule has 2 N–H and O–H groups in total. The van der Waals surface area contributed by atoms with Gasteiger partial charge in [0.15, 0.2) is 0 Å². The van der Waals surface area contributed by atoms with Gasteiger partial charge >= 0.3 is 6.03 Å². The van der Waals surface area contributed by atoms with Crippen molar-refractivity contribution in [1.29, 1.82) is 0 Å². The predicted molar refractivity (Wildman–Crippen MR) is 92.5 cm³/mol. The maximum absolute atomic E-state index is 12.9. The van der Waals surface area contributed by atoms with Crippen LogP contribution in [-0.4, -0.2) is 55.6 Å². The summed E-state index contributed by atoms with van der Waals surface area (Å²) < 4.78 is 0. The average Bonchev–Trinajstić information content (AvgIpc) is 2.93. The summed E-state index contributed by atoms with van der Waals surface area (Å²) in [6, 6.07) is 5.69.